The van der Waals surface area contributed by atoms with Crippen LogP contribution in [0.25, 0.3) is 6.08 Å². The van der Waals surface area contributed by atoms with Crippen LogP contribution in [0.4, 0.5) is 26.3 Å². The number of fused-ring (bicyclic) bond motifs is 1. The molecule has 1 aliphatic heterocycles. The first-order chi connectivity index (χ1) is 17.7. The summed E-state index contributed by atoms with van der Waals surface area (Å²) in [5.74, 6) is -3.44. The Balaban J connectivity index is 1.68. The molecule has 0 aromatic heterocycles. The molecule has 0 N–H and O–H groups in total. The molecule has 2 amide bonds. The second-order valence-electron chi connectivity index (χ2n) is 9.31. The van der Waals surface area contributed by atoms with Gasteiger partial charge in [0.05, 0.1) is 29.2 Å². The van der Waals surface area contributed by atoms with Gasteiger partial charge in [-0.2, -0.15) is 26.3 Å². The van der Waals surface area contributed by atoms with Gasteiger partial charge in [0.2, 0.25) is 0 Å². The summed E-state index contributed by atoms with van der Waals surface area (Å²) in [6.45, 7) is 4.57. The number of rotatable bonds is 5. The quantitative estimate of drug-likeness (QED) is 0.249. The van der Waals surface area contributed by atoms with Crippen LogP contribution in [0.5, 0.6) is 0 Å². The van der Waals surface area contributed by atoms with E-state index in [1.807, 2.05) is 0 Å². The maximum atomic E-state index is 13.9. The van der Waals surface area contributed by atoms with Gasteiger partial charge in [-0.1, -0.05) is 48.6 Å². The smallest absolute Gasteiger partial charge is 0.270 e. The fourth-order valence-electron chi connectivity index (χ4n) is 4.52. The molecule has 0 bridgehead atoms. The first-order valence-electron chi connectivity index (χ1n) is 11.7. The van der Waals surface area contributed by atoms with Crippen LogP contribution in [0.3, 0.4) is 0 Å². The van der Waals surface area contributed by atoms with Crippen LogP contribution in [-0.4, -0.2) is 22.9 Å². The summed E-state index contributed by atoms with van der Waals surface area (Å²) >= 11 is 0. The van der Waals surface area contributed by atoms with Crippen LogP contribution in [-0.2, 0) is 12.7 Å². The summed E-state index contributed by atoms with van der Waals surface area (Å²) in [6, 6.07) is 11.8. The largest absolute Gasteiger partial charge is 0.416 e. The Morgan fingerprint density at radius 1 is 0.816 bits per heavy atom. The molecule has 0 saturated carbocycles. The van der Waals surface area contributed by atoms with E-state index in [4.69, 9.17) is 0 Å². The number of hydrogen-bond donors (Lipinski definition) is 0. The van der Waals surface area contributed by atoms with Crippen molar-refractivity contribution in [3.05, 3.63) is 111 Å². The summed E-state index contributed by atoms with van der Waals surface area (Å²) < 4.78 is 83.6. The minimum atomic E-state index is -4.87. The van der Waals surface area contributed by atoms with Crippen molar-refractivity contribution < 1.29 is 35.9 Å². The predicted molar refractivity (Wildman–Crippen MR) is 131 cm³/mol. The van der Waals surface area contributed by atoms with E-state index >= 15 is 0 Å². The standard InChI is InChI=1S/C29H23F6NO2/c1-16-12-21(13-17(2)18(16)3)24(28(30,31)32)11-9-19-8-10-20(25(14-19)29(33,34)35)15-36-26(37)22-6-4-5-7-23(22)27(36)38/h4-14,24H,15H2,1-3H3/b11-9+. The van der Waals surface area contributed by atoms with Crippen LogP contribution in [0.15, 0.2) is 60.7 Å². The average molecular weight is 531 g/mol. The Morgan fingerprint density at radius 3 is 1.87 bits per heavy atom. The number of benzene rings is 3. The highest BCUT2D eigenvalue weighted by atomic mass is 19.4. The van der Waals surface area contributed by atoms with Crippen LogP contribution < -0.4 is 0 Å². The van der Waals surface area contributed by atoms with E-state index in [-0.39, 0.29) is 27.8 Å². The molecule has 0 radical (unpaired) electrons. The Morgan fingerprint density at radius 2 is 1.37 bits per heavy atom. The molecule has 1 unspecified atom stereocenters. The molecule has 3 aromatic rings. The maximum Gasteiger partial charge on any atom is 0.416 e. The van der Waals surface area contributed by atoms with E-state index in [1.165, 1.54) is 30.3 Å². The highest BCUT2D eigenvalue weighted by Crippen LogP contribution is 2.39. The van der Waals surface area contributed by atoms with E-state index in [1.54, 1.807) is 32.9 Å². The third-order valence-corrected chi connectivity index (χ3v) is 6.79. The highest BCUT2D eigenvalue weighted by molar-refractivity contribution is 6.21. The second-order valence-corrected chi connectivity index (χ2v) is 9.31. The predicted octanol–water partition coefficient (Wildman–Crippen LogP) is 7.79. The molecule has 0 saturated heterocycles. The number of nitrogens with zero attached hydrogens (tertiary/aromatic N) is 1. The number of imide groups is 1. The van der Waals surface area contributed by atoms with Crippen LogP contribution >= 0.6 is 0 Å². The van der Waals surface area contributed by atoms with Crippen molar-refractivity contribution in [2.24, 2.45) is 0 Å². The minimum Gasteiger partial charge on any atom is -0.270 e. The second kappa shape index (κ2) is 9.78. The molecule has 0 spiro atoms. The van der Waals surface area contributed by atoms with Gasteiger partial charge in [-0.3, -0.25) is 14.5 Å². The molecular weight excluding hydrogens is 508 g/mol. The van der Waals surface area contributed by atoms with Crippen LogP contribution in [0, 0.1) is 20.8 Å². The number of allylic oxidation sites excluding steroid dienone is 1. The van der Waals surface area contributed by atoms with Crippen LogP contribution in [0.1, 0.15) is 65.6 Å². The Labute approximate surface area is 215 Å². The van der Waals surface area contributed by atoms with Crippen molar-refractivity contribution in [1.82, 2.24) is 4.90 Å². The fraction of sp³-hybridized carbons (Fsp3) is 0.241. The van der Waals surface area contributed by atoms with E-state index in [2.05, 4.69) is 0 Å². The fourth-order valence-corrected chi connectivity index (χ4v) is 4.52. The zero-order valence-corrected chi connectivity index (χ0v) is 20.7. The summed E-state index contributed by atoms with van der Waals surface area (Å²) in [5, 5.41) is 0. The molecule has 198 valence electrons. The van der Waals surface area contributed by atoms with E-state index in [0.29, 0.717) is 11.1 Å². The lowest BCUT2D eigenvalue weighted by atomic mass is 9.91. The van der Waals surface area contributed by atoms with Crippen molar-refractivity contribution in [3.8, 4) is 0 Å². The Bertz CT molecular complexity index is 1390. The Hall–Kier alpha value is -3.88. The third-order valence-electron chi connectivity index (χ3n) is 6.79. The van der Waals surface area contributed by atoms with Gasteiger partial charge >= 0.3 is 12.4 Å². The number of amides is 2. The normalized spacial score (nSPS) is 14.9. The van der Waals surface area contributed by atoms with Gasteiger partial charge in [-0.05, 0) is 72.4 Å². The average Bonchev–Trinajstić information content (AvgIpc) is 3.07. The number of carbonyl (C=O) groups excluding carboxylic acids is 2. The number of aryl methyl sites for hydroxylation is 2. The topological polar surface area (TPSA) is 37.4 Å². The van der Waals surface area contributed by atoms with Gasteiger partial charge in [0.1, 0.15) is 0 Å². The van der Waals surface area contributed by atoms with Crippen molar-refractivity contribution in [2.45, 2.75) is 45.6 Å². The highest BCUT2D eigenvalue weighted by Gasteiger charge is 2.40. The van der Waals surface area contributed by atoms with Gasteiger partial charge in [-0.25, -0.2) is 0 Å². The SMILES string of the molecule is Cc1cc(C(/C=C/c2ccc(CN3C(=O)c4ccccc4C3=O)c(C(F)(F)F)c2)C(F)(F)F)cc(C)c1C. The zero-order chi connectivity index (χ0) is 28.0. The lowest BCUT2D eigenvalue weighted by molar-refractivity contribution is -0.140. The molecular formula is C29H23F6NO2. The summed E-state index contributed by atoms with van der Waals surface area (Å²) in [4.78, 5) is 26.0. The summed E-state index contributed by atoms with van der Waals surface area (Å²) in [7, 11) is 0. The van der Waals surface area contributed by atoms with Gasteiger partial charge in [0, 0.05) is 0 Å². The van der Waals surface area contributed by atoms with Gasteiger partial charge in [0.15, 0.2) is 0 Å². The molecule has 0 aliphatic carbocycles. The molecule has 4 rings (SSSR count). The first kappa shape index (κ1) is 27.2. The van der Waals surface area contributed by atoms with Crippen molar-refractivity contribution in [1.29, 1.82) is 0 Å². The summed E-state index contributed by atoms with van der Waals surface area (Å²) in [5.41, 5.74) is 0.839. The van der Waals surface area contributed by atoms with Crippen molar-refractivity contribution in [3.63, 3.8) is 0 Å². The lowest BCUT2D eigenvalue weighted by Crippen LogP contribution is -2.30. The molecule has 1 aliphatic rings. The van der Waals surface area contributed by atoms with Gasteiger partial charge in [-0.15, -0.1) is 0 Å². The summed E-state index contributed by atoms with van der Waals surface area (Å²) in [6.07, 6.45) is -7.69. The van der Waals surface area contributed by atoms with Crippen molar-refractivity contribution >= 4 is 17.9 Å². The molecule has 0 fully saturated rings. The van der Waals surface area contributed by atoms with Gasteiger partial charge in [0.25, 0.3) is 11.8 Å². The molecule has 1 atom stereocenters. The monoisotopic (exact) mass is 531 g/mol. The molecule has 38 heavy (non-hydrogen) atoms. The lowest BCUT2D eigenvalue weighted by Gasteiger charge is -2.20. The number of hydrogen-bond acceptors (Lipinski definition) is 2. The molecule has 3 aromatic carbocycles. The van der Waals surface area contributed by atoms with E-state index in [0.717, 1.165) is 34.7 Å². The molecule has 9 heteroatoms. The number of alkyl halides is 6. The maximum absolute atomic E-state index is 13.9. The zero-order valence-electron chi connectivity index (χ0n) is 20.7. The number of carbonyl (C=O) groups is 2. The molecule has 3 nitrogen and oxygen atoms in total. The number of halogens is 6. The first-order valence-corrected chi connectivity index (χ1v) is 11.7. The van der Waals surface area contributed by atoms with Crippen LogP contribution in [0.2, 0.25) is 0 Å². The third kappa shape index (κ3) is 5.23. The Kier molecular flexibility index (Phi) is 6.99. The van der Waals surface area contributed by atoms with E-state index < -0.39 is 42.2 Å². The molecule has 1 heterocycles. The van der Waals surface area contributed by atoms with Gasteiger partial charge < -0.3 is 0 Å². The minimum absolute atomic E-state index is 0.00682. The van der Waals surface area contributed by atoms with E-state index in [9.17, 15) is 35.9 Å². The van der Waals surface area contributed by atoms with Crippen molar-refractivity contribution in [2.75, 3.05) is 0 Å².